The molecule has 1 amide bonds. The minimum atomic E-state index is -5.05. The molecular weight excluding hydrogens is 691 g/mol. The Kier molecular flexibility index (Phi) is 10.7. The van der Waals surface area contributed by atoms with Crippen molar-refractivity contribution >= 4 is 28.5 Å². The molecule has 2 aliphatic heterocycles. The summed E-state index contributed by atoms with van der Waals surface area (Å²) < 4.78 is 91.6. The summed E-state index contributed by atoms with van der Waals surface area (Å²) in [4.78, 5) is 19.8. The van der Waals surface area contributed by atoms with Crippen LogP contribution in [0.25, 0.3) is 0 Å². The highest BCUT2D eigenvalue weighted by molar-refractivity contribution is 14.1. The van der Waals surface area contributed by atoms with Crippen LogP contribution in [0.5, 0.6) is 0 Å². The van der Waals surface area contributed by atoms with Gasteiger partial charge in [0.1, 0.15) is 3.55 Å². The summed E-state index contributed by atoms with van der Waals surface area (Å²) in [6, 6.07) is 7.12. The van der Waals surface area contributed by atoms with Crippen LogP contribution in [0, 0.1) is 13.8 Å². The molecule has 13 heteroatoms. The minimum absolute atomic E-state index is 0.0452. The third-order valence-electron chi connectivity index (χ3n) is 8.13. The molecule has 4 rings (SSSR count). The fraction of sp³-hybridized carbons (Fsp3) is 0.567. The van der Waals surface area contributed by atoms with Gasteiger partial charge >= 0.3 is 12.4 Å². The molecule has 2 atom stereocenters. The fourth-order valence-electron chi connectivity index (χ4n) is 5.63. The topological polar surface area (TPSA) is 45.3 Å². The van der Waals surface area contributed by atoms with E-state index in [1.807, 2.05) is 32.0 Å². The first-order valence-electron chi connectivity index (χ1n) is 14.0. The van der Waals surface area contributed by atoms with Crippen LogP contribution in [0.1, 0.15) is 38.2 Å². The summed E-state index contributed by atoms with van der Waals surface area (Å²) in [7, 11) is 1.64. The van der Waals surface area contributed by atoms with Crippen molar-refractivity contribution in [1.29, 1.82) is 0 Å². The second-order valence-electron chi connectivity index (χ2n) is 11.3. The first-order chi connectivity index (χ1) is 20.1. The number of morpholine rings is 1. The maximum Gasteiger partial charge on any atom is 0.416 e. The molecule has 0 saturated carbocycles. The van der Waals surface area contributed by atoms with Gasteiger partial charge in [0, 0.05) is 58.4 Å². The van der Waals surface area contributed by atoms with Gasteiger partial charge in [0.25, 0.3) is 5.91 Å². The number of carbonyl (C=O) groups is 1. The van der Waals surface area contributed by atoms with E-state index in [0.29, 0.717) is 58.0 Å². The van der Waals surface area contributed by atoms with Crippen molar-refractivity contribution in [2.75, 3.05) is 66.2 Å². The average molecular weight is 728 g/mol. The van der Waals surface area contributed by atoms with Crippen LogP contribution in [-0.2, 0) is 28.2 Å². The van der Waals surface area contributed by atoms with Crippen LogP contribution in [0.15, 0.2) is 36.4 Å². The number of rotatable bonds is 8. The van der Waals surface area contributed by atoms with E-state index in [1.54, 1.807) is 7.11 Å². The number of hydrogen-bond donors (Lipinski definition) is 0. The van der Waals surface area contributed by atoms with Gasteiger partial charge in [-0.05, 0) is 48.7 Å². The SMILES string of the molecule is COC[C@@H]1COCCN1CCN1CCN(C(=O)c2cc(C(F)(F)F)cc(C(F)(F)F)c2)[C@@](I)(Cc2ccc(C)c(C)c2)C1. The number of methoxy groups -OCH3 is 1. The lowest BCUT2D eigenvalue weighted by atomic mass is 9.97. The van der Waals surface area contributed by atoms with E-state index in [1.165, 1.54) is 4.90 Å². The van der Waals surface area contributed by atoms with E-state index >= 15 is 0 Å². The summed E-state index contributed by atoms with van der Waals surface area (Å²) in [5.74, 6) is -0.858. The van der Waals surface area contributed by atoms with Crippen molar-refractivity contribution < 1.29 is 40.6 Å². The van der Waals surface area contributed by atoms with Crippen LogP contribution in [0.2, 0.25) is 0 Å². The van der Waals surface area contributed by atoms with Gasteiger partial charge in [-0.1, -0.05) is 40.8 Å². The summed E-state index contributed by atoms with van der Waals surface area (Å²) in [5.41, 5.74) is -0.586. The van der Waals surface area contributed by atoms with Crippen molar-refractivity contribution in [1.82, 2.24) is 14.7 Å². The number of ether oxygens (including phenoxy) is 2. The quantitative estimate of drug-likeness (QED) is 0.149. The zero-order valence-electron chi connectivity index (χ0n) is 24.3. The summed E-state index contributed by atoms with van der Waals surface area (Å²) in [5, 5.41) is 0. The summed E-state index contributed by atoms with van der Waals surface area (Å²) in [6.45, 7) is 8.76. The zero-order valence-corrected chi connectivity index (χ0v) is 26.5. The van der Waals surface area contributed by atoms with E-state index < -0.39 is 38.5 Å². The molecule has 2 aliphatic rings. The lowest BCUT2D eigenvalue weighted by molar-refractivity contribution is -0.143. The maximum atomic E-state index is 13.8. The first-order valence-corrected chi connectivity index (χ1v) is 15.1. The van der Waals surface area contributed by atoms with Gasteiger partial charge in [0.2, 0.25) is 0 Å². The molecule has 2 aromatic carbocycles. The van der Waals surface area contributed by atoms with Crippen molar-refractivity contribution in [3.05, 3.63) is 69.8 Å². The van der Waals surface area contributed by atoms with Gasteiger partial charge < -0.3 is 14.4 Å². The van der Waals surface area contributed by atoms with Crippen molar-refractivity contribution in [2.24, 2.45) is 0 Å². The highest BCUT2D eigenvalue weighted by atomic mass is 127. The largest absolute Gasteiger partial charge is 0.416 e. The Hall–Kier alpha value is -1.94. The maximum absolute atomic E-state index is 13.8. The molecule has 43 heavy (non-hydrogen) atoms. The van der Waals surface area contributed by atoms with E-state index in [0.717, 1.165) is 29.8 Å². The molecule has 0 radical (unpaired) electrons. The number of aryl methyl sites for hydroxylation is 2. The predicted octanol–water partition coefficient (Wildman–Crippen LogP) is 5.82. The van der Waals surface area contributed by atoms with Gasteiger partial charge in [-0.2, -0.15) is 26.3 Å². The summed E-state index contributed by atoms with van der Waals surface area (Å²) >= 11 is 2.16. The van der Waals surface area contributed by atoms with Crippen LogP contribution in [0.3, 0.4) is 0 Å². The Labute approximate surface area is 261 Å². The third kappa shape index (κ3) is 8.41. The standard InChI is InChI=1S/C30H36F6IN3O3/c1-20-4-5-22(12-21(20)2)16-28(37)19-38(6-8-39-10-11-43-18-26(39)17-42-3)7-9-40(28)27(41)23-13-24(29(31,32)33)15-25(14-23)30(34,35)36/h4-5,12-15,26H,6-11,16-19H2,1-3H3/t26-,28+/m1/s1. The van der Waals surface area contributed by atoms with Crippen molar-refractivity contribution in [3.8, 4) is 0 Å². The van der Waals surface area contributed by atoms with E-state index in [-0.39, 0.29) is 18.7 Å². The lowest BCUT2D eigenvalue weighted by Gasteiger charge is -2.48. The lowest BCUT2D eigenvalue weighted by Crippen LogP contribution is -2.62. The smallest absolute Gasteiger partial charge is 0.383 e. The van der Waals surface area contributed by atoms with Crippen LogP contribution in [-0.4, -0.2) is 96.4 Å². The highest BCUT2D eigenvalue weighted by Crippen LogP contribution is 2.39. The Morgan fingerprint density at radius 1 is 0.977 bits per heavy atom. The third-order valence-corrected chi connectivity index (χ3v) is 9.43. The van der Waals surface area contributed by atoms with Gasteiger partial charge in [-0.25, -0.2) is 0 Å². The molecule has 0 aromatic heterocycles. The van der Waals surface area contributed by atoms with Gasteiger partial charge in [0.15, 0.2) is 0 Å². The Bertz CT molecular complexity index is 1260. The predicted molar refractivity (Wildman–Crippen MR) is 158 cm³/mol. The van der Waals surface area contributed by atoms with E-state index in [9.17, 15) is 31.1 Å². The Morgan fingerprint density at radius 3 is 2.26 bits per heavy atom. The monoisotopic (exact) mass is 727 g/mol. The van der Waals surface area contributed by atoms with E-state index in [4.69, 9.17) is 9.47 Å². The average Bonchev–Trinajstić information content (AvgIpc) is 2.93. The van der Waals surface area contributed by atoms with Crippen LogP contribution in [0.4, 0.5) is 26.3 Å². The zero-order chi connectivity index (χ0) is 31.6. The molecule has 0 spiro atoms. The Balaban J connectivity index is 1.63. The number of piperazine rings is 1. The number of carbonyl (C=O) groups excluding carboxylic acids is 1. The minimum Gasteiger partial charge on any atom is -0.383 e. The van der Waals surface area contributed by atoms with E-state index in [2.05, 4.69) is 32.4 Å². The van der Waals surface area contributed by atoms with Crippen molar-refractivity contribution in [2.45, 2.75) is 42.2 Å². The number of benzene rings is 2. The van der Waals surface area contributed by atoms with Crippen LogP contribution < -0.4 is 0 Å². The van der Waals surface area contributed by atoms with Crippen LogP contribution >= 0.6 is 22.6 Å². The molecule has 6 nitrogen and oxygen atoms in total. The second kappa shape index (κ2) is 13.6. The van der Waals surface area contributed by atoms with Crippen molar-refractivity contribution in [3.63, 3.8) is 0 Å². The highest BCUT2D eigenvalue weighted by Gasteiger charge is 2.44. The molecule has 0 bridgehead atoms. The number of hydrogen-bond acceptors (Lipinski definition) is 5. The number of alkyl halides is 7. The molecule has 238 valence electrons. The normalized spacial score (nSPS) is 22.7. The number of amides is 1. The number of halogens is 7. The molecule has 0 aliphatic carbocycles. The molecule has 2 heterocycles. The molecule has 2 aromatic rings. The number of nitrogens with zero attached hydrogens (tertiary/aromatic N) is 3. The molecule has 2 saturated heterocycles. The molecule has 0 unspecified atom stereocenters. The van der Waals surface area contributed by atoms with Gasteiger partial charge in [-0.15, -0.1) is 0 Å². The first kappa shape index (κ1) is 33.9. The van der Waals surface area contributed by atoms with Gasteiger partial charge in [0.05, 0.1) is 37.0 Å². The second-order valence-corrected chi connectivity index (χ2v) is 13.3. The molecule has 0 N–H and O–H groups in total. The van der Waals surface area contributed by atoms with Gasteiger partial charge in [-0.3, -0.25) is 14.6 Å². The summed E-state index contributed by atoms with van der Waals surface area (Å²) in [6.07, 6.45) is -9.72. The molecule has 2 fully saturated rings. The molecular formula is C30H36F6IN3O3. The fourth-order valence-corrected chi connectivity index (χ4v) is 7.02. The Morgan fingerprint density at radius 2 is 1.65 bits per heavy atom.